The minimum atomic E-state index is 0. The van der Waals surface area contributed by atoms with E-state index in [-0.39, 0.29) is 36.8 Å². The second kappa shape index (κ2) is 7.45. The summed E-state index contributed by atoms with van der Waals surface area (Å²) in [6.07, 6.45) is 0. The number of nitrogens with zero attached hydrogens (tertiary/aromatic N) is 2. The molecule has 1 aromatic carbocycles. The van der Waals surface area contributed by atoms with Crippen LogP contribution in [-0.4, -0.2) is 48.4 Å². The fourth-order valence-corrected chi connectivity index (χ4v) is 3.04. The fraction of sp³-hybridized carbons (Fsp3) is 0.533. The minimum Gasteiger partial charge on any atom is -0.333 e. The van der Waals surface area contributed by atoms with Crippen molar-refractivity contribution < 1.29 is 4.79 Å². The van der Waals surface area contributed by atoms with Crippen molar-refractivity contribution >= 4 is 30.7 Å². The Morgan fingerprint density at radius 3 is 2.62 bits per heavy atom. The predicted molar refractivity (Wildman–Crippen MR) is 89.5 cm³/mol. The van der Waals surface area contributed by atoms with Crippen molar-refractivity contribution in [3.05, 3.63) is 34.9 Å². The van der Waals surface area contributed by atoms with E-state index in [4.69, 9.17) is 0 Å². The molecule has 1 aromatic rings. The van der Waals surface area contributed by atoms with Crippen LogP contribution in [0, 0.1) is 0 Å². The number of fused-ring (bicyclic) bond motifs is 1. The lowest BCUT2D eigenvalue weighted by atomic mass is 10.0. The Morgan fingerprint density at radius 2 is 1.90 bits per heavy atom. The summed E-state index contributed by atoms with van der Waals surface area (Å²) < 4.78 is 0. The van der Waals surface area contributed by atoms with Crippen LogP contribution in [-0.2, 0) is 13.1 Å². The Bertz CT molecular complexity index is 510. The zero-order chi connectivity index (χ0) is 13.4. The molecule has 6 heteroatoms. The van der Waals surface area contributed by atoms with Gasteiger partial charge in [-0.3, -0.25) is 4.79 Å². The highest BCUT2D eigenvalue weighted by atomic mass is 35.5. The standard InChI is InChI=1S/C15H21N3O.2ClH/c1-11-10-17(2)5-6-18(11)15(19)12-3-4-13-8-16-9-14(13)7-12;;/h3-4,7,11,16H,5-6,8-10H2,1-2H3;2*1H. The van der Waals surface area contributed by atoms with E-state index in [0.717, 1.165) is 38.3 Å². The summed E-state index contributed by atoms with van der Waals surface area (Å²) in [5, 5.41) is 3.32. The molecule has 2 heterocycles. The predicted octanol–water partition coefficient (Wildman–Crippen LogP) is 1.91. The van der Waals surface area contributed by atoms with E-state index in [2.05, 4.69) is 36.3 Å². The number of amides is 1. The van der Waals surface area contributed by atoms with E-state index in [1.54, 1.807) is 0 Å². The van der Waals surface area contributed by atoms with E-state index < -0.39 is 0 Å². The van der Waals surface area contributed by atoms with Gasteiger partial charge in [-0.05, 0) is 37.2 Å². The average molecular weight is 332 g/mol. The van der Waals surface area contributed by atoms with Crippen molar-refractivity contribution in [2.24, 2.45) is 0 Å². The molecule has 118 valence electrons. The number of benzene rings is 1. The van der Waals surface area contributed by atoms with Gasteiger partial charge in [-0.15, -0.1) is 24.8 Å². The molecule has 1 unspecified atom stereocenters. The maximum Gasteiger partial charge on any atom is 0.254 e. The zero-order valence-corrected chi connectivity index (χ0v) is 14.1. The maximum absolute atomic E-state index is 12.6. The average Bonchev–Trinajstić information content (AvgIpc) is 2.85. The third kappa shape index (κ3) is 3.69. The summed E-state index contributed by atoms with van der Waals surface area (Å²) in [4.78, 5) is 16.9. The summed E-state index contributed by atoms with van der Waals surface area (Å²) in [6, 6.07) is 6.41. The second-order valence-corrected chi connectivity index (χ2v) is 5.70. The molecule has 0 radical (unpaired) electrons. The van der Waals surface area contributed by atoms with Crippen LogP contribution in [0.4, 0.5) is 0 Å². The van der Waals surface area contributed by atoms with Gasteiger partial charge in [-0.25, -0.2) is 0 Å². The molecule has 0 aromatic heterocycles. The van der Waals surface area contributed by atoms with Crippen LogP contribution in [0.3, 0.4) is 0 Å². The highest BCUT2D eigenvalue weighted by molar-refractivity contribution is 5.94. The number of likely N-dealkylation sites (N-methyl/N-ethyl adjacent to an activating group) is 1. The number of rotatable bonds is 1. The van der Waals surface area contributed by atoms with Crippen LogP contribution in [0.1, 0.15) is 28.4 Å². The largest absolute Gasteiger partial charge is 0.333 e. The molecule has 1 N–H and O–H groups in total. The van der Waals surface area contributed by atoms with Crippen molar-refractivity contribution in [3.8, 4) is 0 Å². The lowest BCUT2D eigenvalue weighted by Crippen LogP contribution is -2.52. The van der Waals surface area contributed by atoms with Crippen LogP contribution in [0.25, 0.3) is 0 Å². The van der Waals surface area contributed by atoms with Gasteiger partial charge in [0.15, 0.2) is 0 Å². The number of hydrogen-bond acceptors (Lipinski definition) is 3. The molecule has 2 aliphatic rings. The first-order valence-electron chi connectivity index (χ1n) is 6.97. The summed E-state index contributed by atoms with van der Waals surface area (Å²) in [5.74, 6) is 0.176. The van der Waals surface area contributed by atoms with E-state index in [1.807, 2.05) is 11.0 Å². The van der Waals surface area contributed by atoms with Crippen molar-refractivity contribution in [1.82, 2.24) is 15.1 Å². The lowest BCUT2D eigenvalue weighted by molar-refractivity contribution is 0.0533. The van der Waals surface area contributed by atoms with Crippen LogP contribution in [0.2, 0.25) is 0 Å². The lowest BCUT2D eigenvalue weighted by Gasteiger charge is -2.38. The van der Waals surface area contributed by atoms with Gasteiger partial charge in [0, 0.05) is 44.3 Å². The van der Waals surface area contributed by atoms with E-state index >= 15 is 0 Å². The van der Waals surface area contributed by atoms with E-state index in [9.17, 15) is 4.79 Å². The normalized spacial score (nSPS) is 21.2. The van der Waals surface area contributed by atoms with E-state index in [1.165, 1.54) is 11.1 Å². The van der Waals surface area contributed by atoms with Crippen molar-refractivity contribution in [3.63, 3.8) is 0 Å². The molecular weight excluding hydrogens is 309 g/mol. The molecule has 1 fully saturated rings. The van der Waals surface area contributed by atoms with Crippen LogP contribution in [0.15, 0.2) is 18.2 Å². The third-order valence-electron chi connectivity index (χ3n) is 4.18. The molecule has 0 aliphatic carbocycles. The molecule has 0 saturated carbocycles. The minimum absolute atomic E-state index is 0. The first kappa shape index (κ1) is 18.2. The fourth-order valence-electron chi connectivity index (χ4n) is 3.04. The number of piperazine rings is 1. The van der Waals surface area contributed by atoms with Gasteiger partial charge in [0.25, 0.3) is 5.91 Å². The molecule has 3 rings (SSSR count). The Hall–Kier alpha value is -0.810. The highest BCUT2D eigenvalue weighted by Crippen LogP contribution is 2.19. The molecule has 1 atom stereocenters. The summed E-state index contributed by atoms with van der Waals surface area (Å²) in [5.41, 5.74) is 3.43. The third-order valence-corrected chi connectivity index (χ3v) is 4.18. The Kier molecular flexibility index (Phi) is 6.47. The molecule has 21 heavy (non-hydrogen) atoms. The monoisotopic (exact) mass is 331 g/mol. The molecule has 4 nitrogen and oxygen atoms in total. The van der Waals surface area contributed by atoms with Gasteiger partial charge in [0.2, 0.25) is 0 Å². The van der Waals surface area contributed by atoms with E-state index in [0.29, 0.717) is 0 Å². The first-order chi connectivity index (χ1) is 9.15. The molecule has 0 bridgehead atoms. The molecule has 1 amide bonds. The Morgan fingerprint density at radius 1 is 1.19 bits per heavy atom. The van der Waals surface area contributed by atoms with Gasteiger partial charge in [0.1, 0.15) is 0 Å². The second-order valence-electron chi connectivity index (χ2n) is 5.70. The van der Waals surface area contributed by atoms with Crippen LogP contribution >= 0.6 is 24.8 Å². The smallest absolute Gasteiger partial charge is 0.254 e. The number of halogens is 2. The van der Waals surface area contributed by atoms with Crippen LogP contribution < -0.4 is 5.32 Å². The maximum atomic E-state index is 12.6. The Labute approximate surface area is 138 Å². The quantitative estimate of drug-likeness (QED) is 0.853. The number of nitrogens with one attached hydrogen (secondary N) is 1. The molecule has 2 aliphatic heterocycles. The topological polar surface area (TPSA) is 35.6 Å². The number of carbonyl (C=O) groups excluding carboxylic acids is 1. The summed E-state index contributed by atoms with van der Waals surface area (Å²) in [7, 11) is 2.11. The van der Waals surface area contributed by atoms with Crippen molar-refractivity contribution in [2.75, 3.05) is 26.7 Å². The van der Waals surface area contributed by atoms with Gasteiger partial charge < -0.3 is 15.1 Å². The summed E-state index contributed by atoms with van der Waals surface area (Å²) in [6.45, 7) is 6.68. The van der Waals surface area contributed by atoms with Gasteiger partial charge in [0.05, 0.1) is 0 Å². The number of carbonyl (C=O) groups is 1. The summed E-state index contributed by atoms with van der Waals surface area (Å²) >= 11 is 0. The van der Waals surface area contributed by atoms with Gasteiger partial charge in [-0.2, -0.15) is 0 Å². The van der Waals surface area contributed by atoms with Crippen molar-refractivity contribution in [2.45, 2.75) is 26.1 Å². The van der Waals surface area contributed by atoms with Crippen LogP contribution in [0.5, 0.6) is 0 Å². The zero-order valence-electron chi connectivity index (χ0n) is 12.5. The molecular formula is C15H23Cl2N3O. The molecule has 0 spiro atoms. The number of hydrogen-bond donors (Lipinski definition) is 1. The first-order valence-corrected chi connectivity index (χ1v) is 6.97. The van der Waals surface area contributed by atoms with Gasteiger partial charge in [-0.1, -0.05) is 6.07 Å². The SMILES string of the molecule is CC1CN(C)CCN1C(=O)c1ccc2c(c1)CNC2.Cl.Cl. The Balaban J connectivity index is 0.00000110. The highest BCUT2D eigenvalue weighted by Gasteiger charge is 2.27. The van der Waals surface area contributed by atoms with Crippen molar-refractivity contribution in [1.29, 1.82) is 0 Å². The van der Waals surface area contributed by atoms with Gasteiger partial charge >= 0.3 is 0 Å². The molecule has 1 saturated heterocycles.